The zero-order valence-corrected chi connectivity index (χ0v) is 16.8. The molecule has 1 heteroatoms. The summed E-state index contributed by atoms with van der Waals surface area (Å²) in [5, 5.41) is 0. The van der Waals surface area contributed by atoms with Gasteiger partial charge in [0.2, 0.25) is 11.2 Å². The van der Waals surface area contributed by atoms with E-state index in [0.29, 0.717) is 5.92 Å². The maximum atomic E-state index is 4.35. The minimum absolute atomic E-state index is 0.000359. The van der Waals surface area contributed by atoms with Crippen molar-refractivity contribution in [1.29, 1.82) is 0 Å². The van der Waals surface area contributed by atoms with Gasteiger partial charge in [-0.25, -0.2) is 0 Å². The molecule has 1 aromatic heterocycles. The van der Waals surface area contributed by atoms with E-state index >= 15 is 0 Å². The lowest BCUT2D eigenvalue weighted by Crippen LogP contribution is -2.79. The Kier molecular flexibility index (Phi) is 4.10. The summed E-state index contributed by atoms with van der Waals surface area (Å²) in [5.74, 6) is 0.554. The minimum Gasteiger partial charge on any atom is -0.184 e. The third-order valence-electron chi connectivity index (χ3n) is 7.36. The number of hydrogen-bond donors (Lipinski definition) is 0. The second-order valence-electron chi connectivity index (χ2n) is 8.33. The lowest BCUT2D eigenvalue weighted by molar-refractivity contribution is -0.809. The second-order valence-corrected chi connectivity index (χ2v) is 8.33. The van der Waals surface area contributed by atoms with E-state index in [9.17, 15) is 0 Å². The van der Waals surface area contributed by atoms with Gasteiger partial charge < -0.3 is 0 Å². The maximum absolute atomic E-state index is 4.35. The number of unbranched alkanes of at least 4 members (excludes halogenated alkanes) is 1. The van der Waals surface area contributed by atoms with Gasteiger partial charge in [-0.1, -0.05) is 45.9 Å². The molecule has 0 saturated heterocycles. The maximum Gasteiger partial charge on any atom is 0.213 e. The molecule has 2 aromatic rings. The van der Waals surface area contributed by atoms with Crippen LogP contribution in [0.15, 0.2) is 49.1 Å². The van der Waals surface area contributed by atoms with Gasteiger partial charge in [0.15, 0.2) is 5.69 Å². The summed E-state index contributed by atoms with van der Waals surface area (Å²) in [6.07, 6.45) is 8.23. The fraction of sp³-hybridized carbons (Fsp3) is 0.480. The van der Waals surface area contributed by atoms with Crippen LogP contribution in [0.1, 0.15) is 76.1 Å². The van der Waals surface area contributed by atoms with E-state index in [1.54, 1.807) is 0 Å². The SMILES string of the molecule is C=CC12C(CC)c3cccc([n+]31)-c1cc(CCCC)ccc1C2(C)CC. The molecule has 2 aliphatic heterocycles. The number of aryl methyl sites for hydroxylation is 1. The largest absolute Gasteiger partial charge is 0.213 e. The fourth-order valence-corrected chi connectivity index (χ4v) is 5.86. The van der Waals surface area contributed by atoms with Crippen molar-refractivity contribution < 1.29 is 4.57 Å². The van der Waals surface area contributed by atoms with Crippen LogP contribution in [-0.2, 0) is 17.4 Å². The normalized spacial score (nSPS) is 28.1. The molecular weight excluding hydrogens is 314 g/mol. The number of fused-ring (bicyclic) bond motifs is 2. The Morgan fingerprint density at radius 2 is 1.96 bits per heavy atom. The summed E-state index contributed by atoms with van der Waals surface area (Å²) in [4.78, 5) is 0. The second kappa shape index (κ2) is 6.08. The first-order valence-electron chi connectivity index (χ1n) is 10.4. The van der Waals surface area contributed by atoms with Crippen molar-refractivity contribution in [3.63, 3.8) is 0 Å². The number of rotatable bonds is 6. The van der Waals surface area contributed by atoms with Gasteiger partial charge in [0, 0.05) is 12.1 Å². The number of benzene rings is 1. The lowest BCUT2D eigenvalue weighted by atomic mass is 9.51. The average molecular weight is 347 g/mol. The molecule has 0 amide bonds. The third kappa shape index (κ3) is 1.89. The van der Waals surface area contributed by atoms with Crippen molar-refractivity contribution in [1.82, 2.24) is 0 Å². The molecule has 1 nitrogen and oxygen atoms in total. The summed E-state index contributed by atoms with van der Waals surface area (Å²) < 4.78 is 2.61. The average Bonchev–Trinajstić information content (AvgIpc) is 2.67. The zero-order valence-electron chi connectivity index (χ0n) is 16.8. The molecule has 3 unspecified atom stereocenters. The van der Waals surface area contributed by atoms with Gasteiger partial charge in [-0.15, -0.1) is 0 Å². The number of allylic oxidation sites excluding steroid dienone is 1. The van der Waals surface area contributed by atoms with E-state index in [1.807, 2.05) is 0 Å². The monoisotopic (exact) mass is 346 g/mol. The molecule has 3 heterocycles. The first kappa shape index (κ1) is 17.5. The van der Waals surface area contributed by atoms with Crippen molar-refractivity contribution in [3.8, 4) is 11.3 Å². The van der Waals surface area contributed by atoms with E-state index in [4.69, 9.17) is 0 Å². The number of hydrogen-bond acceptors (Lipinski definition) is 0. The van der Waals surface area contributed by atoms with Crippen LogP contribution in [0.2, 0.25) is 0 Å². The van der Waals surface area contributed by atoms with E-state index in [-0.39, 0.29) is 11.0 Å². The number of aromatic nitrogens is 1. The molecule has 4 rings (SSSR count). The first-order valence-corrected chi connectivity index (χ1v) is 10.4. The molecule has 3 atom stereocenters. The Labute approximate surface area is 158 Å². The van der Waals surface area contributed by atoms with Crippen LogP contribution >= 0.6 is 0 Å². The van der Waals surface area contributed by atoms with E-state index in [0.717, 1.165) is 12.8 Å². The molecule has 1 aromatic carbocycles. The standard InChI is InChI=1S/C25H32N/c1-6-10-12-18-15-16-21-19(17-18)22-13-11-14-23-20(7-2)25(9-4,26(22)23)24(21,5)8-3/h9,11,13-17,20H,4,6-8,10,12H2,1-3,5H3/q+1. The highest BCUT2D eigenvalue weighted by Crippen LogP contribution is 2.59. The van der Waals surface area contributed by atoms with Gasteiger partial charge in [-0.3, -0.25) is 0 Å². The first-order chi connectivity index (χ1) is 12.6. The number of pyridine rings is 1. The molecular formula is C25H32N+. The van der Waals surface area contributed by atoms with Crippen molar-refractivity contribution in [2.24, 2.45) is 0 Å². The molecule has 136 valence electrons. The van der Waals surface area contributed by atoms with Crippen LogP contribution in [0.3, 0.4) is 0 Å². The zero-order chi connectivity index (χ0) is 18.5. The highest BCUT2D eigenvalue weighted by Gasteiger charge is 2.70. The van der Waals surface area contributed by atoms with Crippen LogP contribution in [0.5, 0.6) is 0 Å². The van der Waals surface area contributed by atoms with Gasteiger partial charge in [0.1, 0.15) is 5.92 Å². The third-order valence-corrected chi connectivity index (χ3v) is 7.36. The summed E-state index contributed by atoms with van der Waals surface area (Å²) in [6.45, 7) is 13.8. The molecule has 0 spiro atoms. The van der Waals surface area contributed by atoms with Crippen LogP contribution < -0.4 is 4.57 Å². The Morgan fingerprint density at radius 3 is 2.62 bits per heavy atom. The Hall–Kier alpha value is -1.89. The number of nitrogens with zero attached hydrogens (tertiary/aromatic N) is 1. The van der Waals surface area contributed by atoms with Crippen LogP contribution in [-0.4, -0.2) is 0 Å². The Bertz CT molecular complexity index is 864. The van der Waals surface area contributed by atoms with Crippen LogP contribution in [0, 0.1) is 0 Å². The summed E-state index contributed by atoms with van der Waals surface area (Å²) in [5.41, 5.74) is 7.37. The molecule has 0 saturated carbocycles. The topological polar surface area (TPSA) is 3.88 Å². The Balaban J connectivity index is 2.01. The molecule has 2 aliphatic rings. The predicted octanol–water partition coefficient (Wildman–Crippen LogP) is 6.05. The van der Waals surface area contributed by atoms with Crippen molar-refractivity contribution in [3.05, 3.63) is 65.9 Å². The van der Waals surface area contributed by atoms with E-state index < -0.39 is 0 Å². The van der Waals surface area contributed by atoms with Crippen molar-refractivity contribution >= 4 is 0 Å². The minimum atomic E-state index is 0.000359. The highest BCUT2D eigenvalue weighted by atomic mass is 15.2. The lowest BCUT2D eigenvalue weighted by Gasteiger charge is -2.55. The van der Waals surface area contributed by atoms with Crippen LogP contribution in [0.25, 0.3) is 11.3 Å². The smallest absolute Gasteiger partial charge is 0.184 e. The Morgan fingerprint density at radius 1 is 1.15 bits per heavy atom. The molecule has 0 N–H and O–H groups in total. The predicted molar refractivity (Wildman–Crippen MR) is 110 cm³/mol. The quantitative estimate of drug-likeness (QED) is 0.442. The molecule has 0 bridgehead atoms. The van der Waals surface area contributed by atoms with Gasteiger partial charge in [0.05, 0.1) is 11.0 Å². The summed E-state index contributed by atoms with van der Waals surface area (Å²) in [6, 6.07) is 14.1. The van der Waals surface area contributed by atoms with Gasteiger partial charge >= 0.3 is 0 Å². The molecule has 26 heavy (non-hydrogen) atoms. The summed E-state index contributed by atoms with van der Waals surface area (Å²) >= 11 is 0. The summed E-state index contributed by atoms with van der Waals surface area (Å²) in [7, 11) is 0. The van der Waals surface area contributed by atoms with Gasteiger partial charge in [-0.05, 0) is 61.9 Å². The highest BCUT2D eigenvalue weighted by molar-refractivity contribution is 5.68. The van der Waals surface area contributed by atoms with E-state index in [1.165, 1.54) is 47.3 Å². The van der Waals surface area contributed by atoms with Crippen LogP contribution in [0.4, 0.5) is 0 Å². The van der Waals surface area contributed by atoms with Crippen molar-refractivity contribution in [2.75, 3.05) is 0 Å². The molecule has 0 radical (unpaired) electrons. The van der Waals surface area contributed by atoms with E-state index in [2.05, 4.69) is 81.3 Å². The molecule has 0 fully saturated rings. The van der Waals surface area contributed by atoms with Gasteiger partial charge in [0.25, 0.3) is 0 Å². The molecule has 0 aliphatic carbocycles. The van der Waals surface area contributed by atoms with Crippen molar-refractivity contribution in [2.45, 2.75) is 76.7 Å². The fourth-order valence-electron chi connectivity index (χ4n) is 5.86. The van der Waals surface area contributed by atoms with Gasteiger partial charge in [-0.2, -0.15) is 4.57 Å².